The second kappa shape index (κ2) is 7.13. The van der Waals surface area contributed by atoms with Gasteiger partial charge in [0.15, 0.2) is 0 Å². The molecule has 0 saturated carbocycles. The highest BCUT2D eigenvalue weighted by Gasteiger charge is 2.06. The lowest BCUT2D eigenvalue weighted by atomic mass is 10.1. The van der Waals surface area contributed by atoms with Crippen LogP contribution in [0.15, 0.2) is 72.8 Å². The quantitative estimate of drug-likeness (QED) is 0.386. The van der Waals surface area contributed by atoms with Crippen LogP contribution in [0, 0.1) is 5.82 Å². The maximum absolute atomic E-state index is 13.3. The minimum Gasteiger partial charge on any atom is -0.355 e. The minimum absolute atomic E-state index is 0.265. The molecule has 0 fully saturated rings. The molecule has 0 bridgehead atoms. The summed E-state index contributed by atoms with van der Waals surface area (Å²) in [6, 6.07) is 20.4. The Balaban J connectivity index is 1.46. The number of benzene rings is 3. The van der Waals surface area contributed by atoms with Gasteiger partial charge in [-0.15, -0.1) is 0 Å². The number of amides is 2. The number of H-pyrrole nitrogens is 1. The van der Waals surface area contributed by atoms with Crippen LogP contribution in [0.2, 0.25) is 5.02 Å². The van der Waals surface area contributed by atoms with E-state index in [1.54, 1.807) is 30.3 Å². The van der Waals surface area contributed by atoms with Crippen molar-refractivity contribution in [3.8, 4) is 11.3 Å². The first kappa shape index (κ1) is 17.1. The second-order valence-corrected chi connectivity index (χ2v) is 6.51. The van der Waals surface area contributed by atoms with Crippen molar-refractivity contribution < 1.29 is 9.18 Å². The number of hydrogen-bond donors (Lipinski definition) is 3. The van der Waals surface area contributed by atoms with E-state index in [1.807, 2.05) is 30.3 Å². The van der Waals surface area contributed by atoms with E-state index in [0.29, 0.717) is 16.4 Å². The predicted octanol–water partition coefficient (Wildman–Crippen LogP) is 6.27. The van der Waals surface area contributed by atoms with Crippen molar-refractivity contribution in [3.05, 3.63) is 83.6 Å². The highest BCUT2D eigenvalue weighted by Crippen LogP contribution is 2.26. The third-order valence-electron chi connectivity index (χ3n) is 4.14. The smallest absolute Gasteiger partial charge is 0.323 e. The van der Waals surface area contributed by atoms with E-state index < -0.39 is 0 Å². The lowest BCUT2D eigenvalue weighted by Gasteiger charge is -2.08. The third-order valence-corrected chi connectivity index (χ3v) is 4.39. The molecule has 2 amide bonds. The van der Waals surface area contributed by atoms with E-state index in [4.69, 9.17) is 11.6 Å². The Morgan fingerprint density at radius 2 is 1.48 bits per heavy atom. The van der Waals surface area contributed by atoms with E-state index in [-0.39, 0.29) is 11.8 Å². The maximum Gasteiger partial charge on any atom is 0.323 e. The molecule has 4 aromatic rings. The number of rotatable bonds is 3. The van der Waals surface area contributed by atoms with Crippen LogP contribution >= 0.6 is 11.6 Å². The molecular formula is C21H15ClFN3O. The molecule has 0 aliphatic heterocycles. The zero-order valence-electron chi connectivity index (χ0n) is 14.1. The molecule has 134 valence electrons. The third kappa shape index (κ3) is 3.93. The van der Waals surface area contributed by atoms with E-state index >= 15 is 0 Å². The summed E-state index contributed by atoms with van der Waals surface area (Å²) < 4.78 is 13.3. The zero-order chi connectivity index (χ0) is 18.8. The first-order valence-electron chi connectivity index (χ1n) is 8.29. The van der Waals surface area contributed by atoms with E-state index in [1.165, 1.54) is 12.1 Å². The van der Waals surface area contributed by atoms with Crippen molar-refractivity contribution in [3.63, 3.8) is 0 Å². The fourth-order valence-electron chi connectivity index (χ4n) is 2.82. The molecule has 0 radical (unpaired) electrons. The van der Waals surface area contributed by atoms with Gasteiger partial charge in [-0.2, -0.15) is 0 Å². The Morgan fingerprint density at radius 1 is 0.852 bits per heavy atom. The van der Waals surface area contributed by atoms with E-state index in [2.05, 4.69) is 15.6 Å². The van der Waals surface area contributed by atoms with Gasteiger partial charge in [0.05, 0.1) is 0 Å². The Kier molecular flexibility index (Phi) is 4.52. The summed E-state index contributed by atoms with van der Waals surface area (Å²) in [5.41, 5.74) is 4.00. The van der Waals surface area contributed by atoms with Gasteiger partial charge >= 0.3 is 6.03 Å². The van der Waals surface area contributed by atoms with Gasteiger partial charge in [-0.05, 0) is 66.2 Å². The summed E-state index contributed by atoms with van der Waals surface area (Å²) in [6.45, 7) is 0. The van der Waals surface area contributed by atoms with Crippen molar-refractivity contribution in [1.29, 1.82) is 0 Å². The fourth-order valence-corrected chi connectivity index (χ4v) is 2.94. The predicted molar refractivity (Wildman–Crippen MR) is 108 cm³/mol. The Labute approximate surface area is 160 Å². The average molecular weight is 380 g/mol. The van der Waals surface area contributed by atoms with Gasteiger partial charge in [0.2, 0.25) is 0 Å². The van der Waals surface area contributed by atoms with Crippen LogP contribution in [0.1, 0.15) is 0 Å². The molecule has 6 heteroatoms. The summed E-state index contributed by atoms with van der Waals surface area (Å²) in [5, 5.41) is 6.93. The fraction of sp³-hybridized carbons (Fsp3) is 0. The molecule has 0 spiro atoms. The van der Waals surface area contributed by atoms with Gasteiger partial charge < -0.3 is 15.6 Å². The highest BCUT2D eigenvalue weighted by molar-refractivity contribution is 6.30. The second-order valence-electron chi connectivity index (χ2n) is 6.08. The van der Waals surface area contributed by atoms with Crippen molar-refractivity contribution in [2.75, 3.05) is 10.6 Å². The number of urea groups is 1. The molecular weight excluding hydrogens is 365 g/mol. The van der Waals surface area contributed by atoms with Gasteiger partial charge in [0.25, 0.3) is 0 Å². The van der Waals surface area contributed by atoms with Gasteiger partial charge in [-0.25, -0.2) is 9.18 Å². The monoisotopic (exact) mass is 379 g/mol. The average Bonchev–Trinajstić information content (AvgIpc) is 3.07. The van der Waals surface area contributed by atoms with Crippen molar-refractivity contribution >= 4 is 39.9 Å². The van der Waals surface area contributed by atoms with Crippen LogP contribution in [0.3, 0.4) is 0 Å². The van der Waals surface area contributed by atoms with Gasteiger partial charge in [0.1, 0.15) is 5.82 Å². The van der Waals surface area contributed by atoms with Gasteiger partial charge in [0, 0.05) is 33.0 Å². The molecule has 1 heterocycles. The summed E-state index contributed by atoms with van der Waals surface area (Å²) in [5.74, 6) is -0.265. The first-order chi connectivity index (χ1) is 13.1. The summed E-state index contributed by atoms with van der Waals surface area (Å²) in [6.07, 6.45) is 0. The lowest BCUT2D eigenvalue weighted by molar-refractivity contribution is 0.262. The normalized spacial score (nSPS) is 10.7. The SMILES string of the molecule is O=C(Nc1ccc(Cl)cc1)Nc1ccc(-c2cc3cc(F)ccc3[nH]2)cc1. The molecule has 3 aromatic carbocycles. The molecule has 0 saturated heterocycles. The molecule has 4 rings (SSSR count). The summed E-state index contributed by atoms with van der Waals surface area (Å²) >= 11 is 5.83. The standard InChI is InChI=1S/C21H15ClFN3O/c22-15-3-8-18(9-4-15)25-21(27)24-17-6-1-13(2-7-17)20-12-14-11-16(23)5-10-19(14)26-20/h1-12,26H,(H2,24,25,27). The molecule has 4 nitrogen and oxygen atoms in total. The zero-order valence-corrected chi connectivity index (χ0v) is 14.8. The Morgan fingerprint density at radius 3 is 2.15 bits per heavy atom. The van der Waals surface area contributed by atoms with E-state index in [9.17, 15) is 9.18 Å². The minimum atomic E-state index is -0.342. The largest absolute Gasteiger partial charge is 0.355 e. The molecule has 0 aliphatic carbocycles. The number of carbonyl (C=O) groups excluding carboxylic acids is 1. The Bertz CT molecular complexity index is 1100. The van der Waals surface area contributed by atoms with Crippen LogP contribution in [0.5, 0.6) is 0 Å². The van der Waals surface area contributed by atoms with E-state index in [0.717, 1.165) is 22.2 Å². The highest BCUT2D eigenvalue weighted by atomic mass is 35.5. The maximum atomic E-state index is 13.3. The van der Waals surface area contributed by atoms with Crippen LogP contribution in [0.4, 0.5) is 20.6 Å². The van der Waals surface area contributed by atoms with Crippen molar-refractivity contribution in [2.24, 2.45) is 0 Å². The van der Waals surface area contributed by atoms with Crippen LogP contribution in [-0.4, -0.2) is 11.0 Å². The number of halogens is 2. The number of carbonyl (C=O) groups is 1. The number of aromatic nitrogens is 1. The van der Waals surface area contributed by atoms with Gasteiger partial charge in [-0.3, -0.25) is 0 Å². The van der Waals surface area contributed by atoms with Gasteiger partial charge in [-0.1, -0.05) is 23.7 Å². The first-order valence-corrected chi connectivity index (χ1v) is 8.67. The summed E-state index contributed by atoms with van der Waals surface area (Å²) in [7, 11) is 0. The lowest BCUT2D eigenvalue weighted by Crippen LogP contribution is -2.19. The van der Waals surface area contributed by atoms with Crippen LogP contribution in [0.25, 0.3) is 22.2 Å². The molecule has 3 N–H and O–H groups in total. The Hall–Kier alpha value is -3.31. The number of nitrogens with one attached hydrogen (secondary N) is 3. The van der Waals surface area contributed by atoms with Crippen molar-refractivity contribution in [1.82, 2.24) is 4.98 Å². The molecule has 0 atom stereocenters. The number of anilines is 2. The number of aromatic amines is 1. The number of fused-ring (bicyclic) bond motifs is 1. The molecule has 27 heavy (non-hydrogen) atoms. The molecule has 0 unspecified atom stereocenters. The van der Waals surface area contributed by atoms with Crippen molar-refractivity contribution in [2.45, 2.75) is 0 Å². The topological polar surface area (TPSA) is 56.9 Å². The van der Waals surface area contributed by atoms with Crippen LogP contribution in [-0.2, 0) is 0 Å². The molecule has 1 aromatic heterocycles. The number of hydrogen-bond acceptors (Lipinski definition) is 1. The summed E-state index contributed by atoms with van der Waals surface area (Å²) in [4.78, 5) is 15.3. The van der Waals surface area contributed by atoms with Crippen LogP contribution < -0.4 is 10.6 Å². The molecule has 0 aliphatic rings.